The zero-order valence-corrected chi connectivity index (χ0v) is 23.2. The molecule has 0 bridgehead atoms. The van der Waals surface area contributed by atoms with Crippen molar-refractivity contribution in [2.24, 2.45) is 0 Å². The second kappa shape index (κ2) is 14.4. The molecule has 2 aromatic heterocycles. The van der Waals surface area contributed by atoms with Gasteiger partial charge in [-0.2, -0.15) is 10.5 Å². The van der Waals surface area contributed by atoms with Crippen LogP contribution >= 0.6 is 11.6 Å². The quantitative estimate of drug-likeness (QED) is 0.231. The zero-order valence-electron chi connectivity index (χ0n) is 22.4. The van der Waals surface area contributed by atoms with Gasteiger partial charge in [0, 0.05) is 66.9 Å². The molecule has 0 fully saturated rings. The Labute approximate surface area is 243 Å². The maximum absolute atomic E-state index is 11.1. The predicted octanol–water partition coefficient (Wildman–Crippen LogP) is 5.52. The Hall–Kier alpha value is -5.02. The molecule has 8 nitrogen and oxygen atoms in total. The number of benzene rings is 2. The second-order valence-electron chi connectivity index (χ2n) is 9.05. The van der Waals surface area contributed by atoms with Crippen LogP contribution in [-0.4, -0.2) is 29.0 Å². The maximum Gasteiger partial charge on any atom is 0.216 e. The van der Waals surface area contributed by atoms with Crippen LogP contribution in [0.1, 0.15) is 40.4 Å². The standard InChI is InChI=1S/C32H27ClN6O2/c1-22(40)38-12-11-36-20-27-14-30(33)26(15-32(27)41-21-24-13-23(16-34)18-37-19-24)7-8-31-29(17-35)28(9-10-39-31)25-5-3-2-4-6-25/h2-10,13-15,18-19,36H,11-12,20-21H2,1H3,(H,38,40)/b8-7+. The molecule has 0 saturated heterocycles. The van der Waals surface area contributed by atoms with Gasteiger partial charge in [0.1, 0.15) is 24.5 Å². The molecule has 41 heavy (non-hydrogen) atoms. The zero-order chi connectivity index (χ0) is 29.0. The first-order valence-corrected chi connectivity index (χ1v) is 13.2. The van der Waals surface area contributed by atoms with Crippen molar-refractivity contribution >= 4 is 29.7 Å². The van der Waals surface area contributed by atoms with Gasteiger partial charge in [0.05, 0.1) is 16.8 Å². The highest BCUT2D eigenvalue weighted by molar-refractivity contribution is 6.32. The number of halogens is 1. The van der Waals surface area contributed by atoms with Crippen LogP contribution in [0.2, 0.25) is 5.02 Å². The van der Waals surface area contributed by atoms with Crippen molar-refractivity contribution in [1.29, 1.82) is 10.5 Å². The lowest BCUT2D eigenvalue weighted by atomic mass is 9.99. The number of nitrogens with one attached hydrogen (secondary N) is 2. The van der Waals surface area contributed by atoms with Crippen molar-refractivity contribution in [3.05, 3.63) is 112 Å². The summed E-state index contributed by atoms with van der Waals surface area (Å²) in [5.41, 5.74) is 5.42. The number of amides is 1. The van der Waals surface area contributed by atoms with E-state index in [1.54, 1.807) is 30.6 Å². The van der Waals surface area contributed by atoms with E-state index in [4.69, 9.17) is 16.3 Å². The molecule has 9 heteroatoms. The SMILES string of the molecule is CC(=O)NCCNCc1cc(Cl)c(/C=C/c2nccc(-c3ccccc3)c2C#N)cc1OCc1cncc(C#N)c1. The van der Waals surface area contributed by atoms with E-state index < -0.39 is 0 Å². The summed E-state index contributed by atoms with van der Waals surface area (Å²) in [6, 6.07) is 21.3. The lowest BCUT2D eigenvalue weighted by Gasteiger charge is -2.15. The molecule has 2 heterocycles. The van der Waals surface area contributed by atoms with Crippen LogP contribution in [0, 0.1) is 22.7 Å². The molecule has 4 rings (SSSR count). The van der Waals surface area contributed by atoms with Gasteiger partial charge in [-0.3, -0.25) is 14.8 Å². The topological polar surface area (TPSA) is 124 Å². The van der Waals surface area contributed by atoms with Crippen LogP contribution in [0.25, 0.3) is 23.3 Å². The van der Waals surface area contributed by atoms with Gasteiger partial charge in [-0.1, -0.05) is 48.0 Å². The molecule has 204 valence electrons. The van der Waals surface area contributed by atoms with Crippen LogP contribution in [0.3, 0.4) is 0 Å². The highest BCUT2D eigenvalue weighted by Gasteiger charge is 2.12. The maximum atomic E-state index is 11.1. The molecule has 1 amide bonds. The van der Waals surface area contributed by atoms with Crippen molar-refractivity contribution in [3.63, 3.8) is 0 Å². The summed E-state index contributed by atoms with van der Waals surface area (Å²) in [5, 5.41) is 25.7. The lowest BCUT2D eigenvalue weighted by Crippen LogP contribution is -2.30. The highest BCUT2D eigenvalue weighted by Crippen LogP contribution is 2.31. The molecule has 2 N–H and O–H groups in total. The number of nitrogens with zero attached hydrogens (tertiary/aromatic N) is 4. The molecule has 4 aromatic rings. The molecule has 0 atom stereocenters. The summed E-state index contributed by atoms with van der Waals surface area (Å²) in [6.45, 7) is 3.18. The molecular weight excluding hydrogens is 536 g/mol. The van der Waals surface area contributed by atoms with Crippen molar-refractivity contribution in [1.82, 2.24) is 20.6 Å². The Morgan fingerprint density at radius 1 is 1.05 bits per heavy atom. The lowest BCUT2D eigenvalue weighted by molar-refractivity contribution is -0.118. The molecule has 0 saturated carbocycles. The fourth-order valence-electron chi connectivity index (χ4n) is 4.10. The number of pyridine rings is 2. The number of rotatable bonds is 11. The minimum atomic E-state index is -0.0911. The third-order valence-corrected chi connectivity index (χ3v) is 6.41. The molecule has 2 aromatic carbocycles. The van der Waals surface area contributed by atoms with E-state index in [1.165, 1.54) is 13.1 Å². The Morgan fingerprint density at radius 3 is 2.63 bits per heavy atom. The van der Waals surface area contributed by atoms with E-state index in [1.807, 2.05) is 48.5 Å². The molecule has 0 spiro atoms. The summed E-state index contributed by atoms with van der Waals surface area (Å²) >= 11 is 6.68. The largest absolute Gasteiger partial charge is 0.488 e. The first kappa shape index (κ1) is 29.0. The van der Waals surface area contributed by atoms with E-state index in [0.29, 0.717) is 52.8 Å². The van der Waals surface area contributed by atoms with Crippen molar-refractivity contribution < 1.29 is 9.53 Å². The summed E-state index contributed by atoms with van der Waals surface area (Å²) < 4.78 is 6.17. The Balaban J connectivity index is 1.61. The number of hydrogen-bond acceptors (Lipinski definition) is 7. The smallest absolute Gasteiger partial charge is 0.216 e. The summed E-state index contributed by atoms with van der Waals surface area (Å²) in [7, 11) is 0. The van der Waals surface area contributed by atoms with E-state index >= 15 is 0 Å². The Kier molecular flexibility index (Phi) is 10.2. The van der Waals surface area contributed by atoms with Gasteiger partial charge in [0.2, 0.25) is 5.91 Å². The van der Waals surface area contributed by atoms with Crippen LogP contribution in [0.15, 0.2) is 73.2 Å². The Bertz CT molecular complexity index is 1640. The number of hydrogen-bond donors (Lipinski definition) is 2. The minimum Gasteiger partial charge on any atom is -0.488 e. The van der Waals surface area contributed by atoms with Crippen LogP contribution in [0.4, 0.5) is 0 Å². The third kappa shape index (κ3) is 8.00. The van der Waals surface area contributed by atoms with Gasteiger partial charge in [-0.15, -0.1) is 0 Å². The van der Waals surface area contributed by atoms with Gasteiger partial charge in [0.25, 0.3) is 0 Å². The van der Waals surface area contributed by atoms with E-state index in [-0.39, 0.29) is 12.5 Å². The van der Waals surface area contributed by atoms with Crippen molar-refractivity contribution in [3.8, 4) is 29.0 Å². The minimum absolute atomic E-state index is 0.0911. The second-order valence-corrected chi connectivity index (χ2v) is 9.46. The van der Waals surface area contributed by atoms with Gasteiger partial charge >= 0.3 is 0 Å². The normalized spacial score (nSPS) is 10.6. The number of aromatic nitrogens is 2. The molecule has 0 aliphatic rings. The van der Waals surface area contributed by atoms with E-state index in [9.17, 15) is 15.3 Å². The third-order valence-electron chi connectivity index (χ3n) is 6.09. The van der Waals surface area contributed by atoms with E-state index in [2.05, 4.69) is 32.7 Å². The summed E-state index contributed by atoms with van der Waals surface area (Å²) in [6.07, 6.45) is 8.39. The molecular formula is C32H27ClN6O2. The molecule has 0 radical (unpaired) electrons. The van der Waals surface area contributed by atoms with Gasteiger partial charge in [-0.05, 0) is 41.5 Å². The van der Waals surface area contributed by atoms with Gasteiger partial charge < -0.3 is 15.4 Å². The van der Waals surface area contributed by atoms with Gasteiger partial charge in [-0.25, -0.2) is 0 Å². The first-order valence-electron chi connectivity index (χ1n) is 12.9. The molecule has 0 aliphatic carbocycles. The van der Waals surface area contributed by atoms with Crippen molar-refractivity contribution in [2.75, 3.05) is 13.1 Å². The average Bonchev–Trinajstić information content (AvgIpc) is 3.00. The van der Waals surface area contributed by atoms with Gasteiger partial charge in [0.15, 0.2) is 0 Å². The average molecular weight is 563 g/mol. The van der Waals surface area contributed by atoms with Crippen LogP contribution in [-0.2, 0) is 17.9 Å². The predicted molar refractivity (Wildman–Crippen MR) is 158 cm³/mol. The first-order chi connectivity index (χ1) is 20.0. The number of carbonyl (C=O) groups excluding carboxylic acids is 1. The summed E-state index contributed by atoms with van der Waals surface area (Å²) in [4.78, 5) is 19.7. The van der Waals surface area contributed by atoms with Crippen molar-refractivity contribution in [2.45, 2.75) is 20.1 Å². The highest BCUT2D eigenvalue weighted by atomic mass is 35.5. The molecule has 0 aliphatic heterocycles. The Morgan fingerprint density at radius 2 is 1.88 bits per heavy atom. The number of nitriles is 2. The number of carbonyl (C=O) groups is 1. The van der Waals surface area contributed by atoms with Crippen LogP contribution in [0.5, 0.6) is 5.75 Å². The molecule has 0 unspecified atom stereocenters. The van der Waals surface area contributed by atoms with Crippen LogP contribution < -0.4 is 15.4 Å². The van der Waals surface area contributed by atoms with E-state index in [0.717, 1.165) is 22.3 Å². The number of ether oxygens (including phenoxy) is 1. The fraction of sp³-hybridized carbons (Fsp3) is 0.156. The monoisotopic (exact) mass is 562 g/mol. The summed E-state index contributed by atoms with van der Waals surface area (Å²) in [5.74, 6) is 0.501. The fourth-order valence-corrected chi connectivity index (χ4v) is 4.35.